The number of anilines is 1. The Bertz CT molecular complexity index is 341. The van der Waals surface area contributed by atoms with Crippen molar-refractivity contribution in [1.82, 2.24) is 0 Å². The molecule has 4 heteroatoms. The summed E-state index contributed by atoms with van der Waals surface area (Å²) in [5.41, 5.74) is 6.81. The molecule has 0 saturated heterocycles. The average molecular weight is 230 g/mol. The Morgan fingerprint density at radius 3 is 2.86 bits per heavy atom. The molecule has 0 spiro atoms. The van der Waals surface area contributed by atoms with E-state index in [-0.39, 0.29) is 5.78 Å². The number of hydrogen-bond acceptors (Lipinski definition) is 3. The maximum Gasteiger partial charge on any atom is 0.166 e. The Hall–Kier alpha value is -0.670. The highest BCUT2D eigenvalue weighted by molar-refractivity contribution is 7.98. The van der Waals surface area contributed by atoms with Gasteiger partial charge in [0.2, 0.25) is 0 Å². The lowest BCUT2D eigenvalue weighted by Crippen LogP contribution is -2.04. The molecule has 76 valence electrons. The summed E-state index contributed by atoms with van der Waals surface area (Å²) in [5.74, 6) is 0.343. The predicted octanol–water partition coefficient (Wildman–Crippen LogP) is 2.80. The van der Waals surface area contributed by atoms with Gasteiger partial charge < -0.3 is 5.73 Å². The molecule has 1 aromatic rings. The van der Waals surface area contributed by atoms with Gasteiger partial charge in [-0.1, -0.05) is 0 Å². The molecule has 0 aliphatic rings. The van der Waals surface area contributed by atoms with Crippen LogP contribution in [0.25, 0.3) is 0 Å². The quantitative estimate of drug-likeness (QED) is 0.374. The van der Waals surface area contributed by atoms with Crippen LogP contribution in [-0.4, -0.2) is 17.9 Å². The number of carbonyl (C=O) groups is 1. The third-order valence-corrected chi connectivity index (χ3v) is 2.80. The zero-order chi connectivity index (χ0) is 10.6. The van der Waals surface area contributed by atoms with Crippen LogP contribution in [0.1, 0.15) is 16.8 Å². The molecule has 14 heavy (non-hydrogen) atoms. The van der Waals surface area contributed by atoms with Crippen LogP contribution in [0.4, 0.5) is 5.69 Å². The molecule has 0 aliphatic heterocycles. The van der Waals surface area contributed by atoms with Crippen molar-refractivity contribution in [3.8, 4) is 0 Å². The van der Waals surface area contributed by atoms with Crippen LogP contribution < -0.4 is 5.73 Å². The first kappa shape index (κ1) is 11.4. The number of hydrogen-bond donors (Lipinski definition) is 1. The first-order valence-corrected chi connectivity index (χ1v) is 5.97. The van der Waals surface area contributed by atoms with Gasteiger partial charge in [-0.15, -0.1) is 23.4 Å². The zero-order valence-electron chi connectivity index (χ0n) is 7.92. The number of carbonyl (C=O) groups excluding carboxylic acids is 1. The summed E-state index contributed by atoms with van der Waals surface area (Å²) in [5, 5.41) is 0. The van der Waals surface area contributed by atoms with Gasteiger partial charge in [0.25, 0.3) is 0 Å². The minimum Gasteiger partial charge on any atom is -0.398 e. The SMILES string of the molecule is CSc1ccc(N)c(C(=O)CCCl)c1. The maximum atomic E-state index is 11.6. The van der Waals surface area contributed by atoms with Crippen molar-refractivity contribution in [2.45, 2.75) is 11.3 Å². The van der Waals surface area contributed by atoms with E-state index in [1.54, 1.807) is 17.8 Å². The largest absolute Gasteiger partial charge is 0.398 e. The first-order valence-electron chi connectivity index (χ1n) is 4.21. The van der Waals surface area contributed by atoms with E-state index in [4.69, 9.17) is 17.3 Å². The summed E-state index contributed by atoms with van der Waals surface area (Å²) < 4.78 is 0. The van der Waals surface area contributed by atoms with Crippen LogP contribution >= 0.6 is 23.4 Å². The molecule has 0 fully saturated rings. The van der Waals surface area contributed by atoms with Crippen molar-refractivity contribution < 1.29 is 4.79 Å². The van der Waals surface area contributed by atoms with E-state index in [9.17, 15) is 4.79 Å². The lowest BCUT2D eigenvalue weighted by atomic mass is 10.1. The van der Waals surface area contributed by atoms with Gasteiger partial charge in [0.05, 0.1) is 0 Å². The van der Waals surface area contributed by atoms with Crippen molar-refractivity contribution in [3.63, 3.8) is 0 Å². The van der Waals surface area contributed by atoms with E-state index in [0.29, 0.717) is 23.6 Å². The Kier molecular flexibility index (Phi) is 4.29. The molecule has 0 bridgehead atoms. The van der Waals surface area contributed by atoms with Crippen LogP contribution in [0.15, 0.2) is 23.1 Å². The Morgan fingerprint density at radius 1 is 1.57 bits per heavy atom. The molecule has 0 atom stereocenters. The minimum absolute atomic E-state index is 0.00778. The molecule has 1 rings (SSSR count). The van der Waals surface area contributed by atoms with Crippen LogP contribution in [0.5, 0.6) is 0 Å². The normalized spacial score (nSPS) is 10.1. The fourth-order valence-electron chi connectivity index (χ4n) is 1.12. The number of alkyl halides is 1. The van der Waals surface area contributed by atoms with Gasteiger partial charge in [-0.25, -0.2) is 0 Å². The highest BCUT2D eigenvalue weighted by atomic mass is 35.5. The lowest BCUT2D eigenvalue weighted by Gasteiger charge is -2.05. The minimum atomic E-state index is 0.00778. The number of ketones is 1. The second-order valence-corrected chi connectivity index (χ2v) is 4.07. The molecular formula is C10H12ClNOS. The second kappa shape index (κ2) is 5.27. The monoisotopic (exact) mass is 229 g/mol. The molecule has 0 heterocycles. The number of nitrogens with two attached hydrogens (primary N) is 1. The smallest absolute Gasteiger partial charge is 0.166 e. The Labute approximate surface area is 92.8 Å². The molecule has 2 nitrogen and oxygen atoms in total. The molecule has 0 amide bonds. The van der Waals surface area contributed by atoms with E-state index in [1.807, 2.05) is 18.4 Å². The number of Topliss-reactive ketones (excluding diaryl/α,β-unsaturated/α-hetero) is 1. The fraction of sp³-hybridized carbons (Fsp3) is 0.300. The third kappa shape index (κ3) is 2.66. The van der Waals surface area contributed by atoms with E-state index in [1.165, 1.54) is 0 Å². The molecule has 0 aliphatic carbocycles. The summed E-state index contributed by atoms with van der Waals surface area (Å²) in [6.45, 7) is 0. The summed E-state index contributed by atoms with van der Waals surface area (Å²) in [6.07, 6.45) is 2.30. The van der Waals surface area contributed by atoms with Crippen LogP contribution in [-0.2, 0) is 0 Å². The van der Waals surface area contributed by atoms with Crippen molar-refractivity contribution in [1.29, 1.82) is 0 Å². The van der Waals surface area contributed by atoms with Crippen molar-refractivity contribution in [2.24, 2.45) is 0 Å². The van der Waals surface area contributed by atoms with E-state index < -0.39 is 0 Å². The van der Waals surface area contributed by atoms with Crippen LogP contribution in [0, 0.1) is 0 Å². The van der Waals surface area contributed by atoms with Gasteiger partial charge in [-0.3, -0.25) is 4.79 Å². The van der Waals surface area contributed by atoms with E-state index in [2.05, 4.69) is 0 Å². The molecular weight excluding hydrogens is 218 g/mol. The zero-order valence-corrected chi connectivity index (χ0v) is 9.49. The lowest BCUT2D eigenvalue weighted by molar-refractivity contribution is 0.0990. The topological polar surface area (TPSA) is 43.1 Å². The van der Waals surface area contributed by atoms with Gasteiger partial charge >= 0.3 is 0 Å². The number of benzene rings is 1. The summed E-state index contributed by atoms with van der Waals surface area (Å²) in [6, 6.07) is 5.47. The standard InChI is InChI=1S/C10H12ClNOS/c1-14-7-2-3-9(12)8(6-7)10(13)4-5-11/h2-3,6H,4-5,12H2,1H3. The number of thioether (sulfide) groups is 1. The summed E-state index contributed by atoms with van der Waals surface area (Å²) in [7, 11) is 0. The van der Waals surface area contributed by atoms with Crippen molar-refractivity contribution in [2.75, 3.05) is 17.9 Å². The number of halogens is 1. The molecule has 0 radical (unpaired) electrons. The van der Waals surface area contributed by atoms with Crippen LogP contribution in [0.3, 0.4) is 0 Å². The number of rotatable bonds is 4. The predicted molar refractivity (Wildman–Crippen MR) is 62.3 cm³/mol. The Morgan fingerprint density at radius 2 is 2.29 bits per heavy atom. The van der Waals surface area contributed by atoms with Gasteiger partial charge in [0.1, 0.15) is 0 Å². The average Bonchev–Trinajstić information content (AvgIpc) is 2.19. The van der Waals surface area contributed by atoms with Crippen molar-refractivity contribution in [3.05, 3.63) is 23.8 Å². The van der Waals surface area contributed by atoms with Gasteiger partial charge in [-0.05, 0) is 24.5 Å². The molecule has 2 N–H and O–H groups in total. The van der Waals surface area contributed by atoms with E-state index in [0.717, 1.165) is 4.90 Å². The van der Waals surface area contributed by atoms with Gasteiger partial charge in [-0.2, -0.15) is 0 Å². The third-order valence-electron chi connectivity index (χ3n) is 1.88. The summed E-state index contributed by atoms with van der Waals surface area (Å²) in [4.78, 5) is 12.6. The highest BCUT2D eigenvalue weighted by Gasteiger charge is 2.09. The maximum absolute atomic E-state index is 11.6. The van der Waals surface area contributed by atoms with Crippen LogP contribution in [0.2, 0.25) is 0 Å². The van der Waals surface area contributed by atoms with E-state index >= 15 is 0 Å². The molecule has 0 unspecified atom stereocenters. The Balaban J connectivity index is 2.99. The molecule has 0 saturated carbocycles. The first-order chi connectivity index (χ1) is 6.69. The highest BCUT2D eigenvalue weighted by Crippen LogP contribution is 2.22. The second-order valence-electron chi connectivity index (χ2n) is 2.82. The van der Waals surface area contributed by atoms with Crippen molar-refractivity contribution >= 4 is 34.8 Å². The number of nitrogen functional groups attached to an aromatic ring is 1. The fourth-order valence-corrected chi connectivity index (χ4v) is 1.74. The summed E-state index contributed by atoms with van der Waals surface area (Å²) >= 11 is 7.09. The molecule has 0 aromatic heterocycles. The van der Waals surface area contributed by atoms with Gasteiger partial charge in [0.15, 0.2) is 5.78 Å². The van der Waals surface area contributed by atoms with Gasteiger partial charge in [0, 0.05) is 28.4 Å². The molecule has 1 aromatic carbocycles.